The summed E-state index contributed by atoms with van der Waals surface area (Å²) in [4.78, 5) is 20.4. The Morgan fingerprint density at radius 1 is 1.13 bits per heavy atom. The molecular weight excluding hydrogens is 376 g/mol. The number of carbonyl (C=O) groups is 1. The molecule has 1 aliphatic heterocycles. The molecule has 0 spiro atoms. The smallest absolute Gasteiger partial charge is 0.220 e. The minimum absolute atomic E-state index is 0.0782. The summed E-state index contributed by atoms with van der Waals surface area (Å²) in [6, 6.07) is 10.6. The zero-order valence-corrected chi connectivity index (χ0v) is 18.8. The number of unbranched alkanes of at least 4 members (excludes halogenated alkanes) is 1. The Morgan fingerprint density at radius 2 is 1.80 bits per heavy atom. The SMILES string of the molecule is CCN(CCCNC(=NC)NCCCCN1CCC(C(N)=O)CC1)c1ccccc1. The molecule has 2 rings (SSSR count). The van der Waals surface area contributed by atoms with Crippen LogP contribution in [-0.2, 0) is 4.79 Å². The summed E-state index contributed by atoms with van der Waals surface area (Å²) >= 11 is 0. The Bertz CT molecular complexity index is 628. The van der Waals surface area contributed by atoms with Gasteiger partial charge in [0.1, 0.15) is 0 Å². The Balaban J connectivity index is 1.52. The zero-order chi connectivity index (χ0) is 21.6. The Kier molecular flexibility index (Phi) is 11.1. The molecule has 30 heavy (non-hydrogen) atoms. The number of anilines is 1. The first-order chi connectivity index (χ1) is 14.6. The molecule has 0 bridgehead atoms. The summed E-state index contributed by atoms with van der Waals surface area (Å²) in [6.45, 7) is 9.12. The second-order valence-corrected chi connectivity index (χ2v) is 7.92. The molecule has 0 unspecified atom stereocenters. The van der Waals surface area contributed by atoms with Gasteiger partial charge < -0.3 is 26.2 Å². The first-order valence-corrected chi connectivity index (χ1v) is 11.4. The van der Waals surface area contributed by atoms with E-state index in [2.05, 4.69) is 62.7 Å². The van der Waals surface area contributed by atoms with Gasteiger partial charge in [0.25, 0.3) is 0 Å². The normalized spacial score (nSPS) is 15.7. The van der Waals surface area contributed by atoms with Crippen molar-refractivity contribution in [1.29, 1.82) is 0 Å². The molecule has 168 valence electrons. The van der Waals surface area contributed by atoms with Gasteiger partial charge in [0.15, 0.2) is 5.96 Å². The molecule has 0 radical (unpaired) electrons. The number of carbonyl (C=O) groups excluding carboxylic acids is 1. The number of rotatable bonds is 12. The number of guanidine groups is 1. The van der Waals surface area contributed by atoms with Crippen LogP contribution >= 0.6 is 0 Å². The minimum atomic E-state index is -0.139. The first kappa shape index (κ1) is 24.0. The van der Waals surface area contributed by atoms with Crippen LogP contribution in [0.15, 0.2) is 35.3 Å². The number of piperidine rings is 1. The molecule has 1 aromatic carbocycles. The zero-order valence-electron chi connectivity index (χ0n) is 18.8. The molecule has 1 aromatic rings. The number of hydrogen-bond donors (Lipinski definition) is 3. The highest BCUT2D eigenvalue weighted by molar-refractivity contribution is 5.79. The molecule has 7 heteroatoms. The van der Waals surface area contributed by atoms with Crippen molar-refractivity contribution in [2.75, 3.05) is 57.8 Å². The number of nitrogens with zero attached hydrogens (tertiary/aromatic N) is 3. The van der Waals surface area contributed by atoms with Crippen molar-refractivity contribution in [3.05, 3.63) is 30.3 Å². The second kappa shape index (κ2) is 13.9. The van der Waals surface area contributed by atoms with Gasteiger partial charge in [0.05, 0.1) is 0 Å². The van der Waals surface area contributed by atoms with Crippen molar-refractivity contribution < 1.29 is 4.79 Å². The van der Waals surface area contributed by atoms with E-state index in [9.17, 15) is 4.79 Å². The van der Waals surface area contributed by atoms with Crippen LogP contribution in [0.3, 0.4) is 0 Å². The molecule has 1 heterocycles. The second-order valence-electron chi connectivity index (χ2n) is 7.92. The summed E-state index contributed by atoms with van der Waals surface area (Å²) in [7, 11) is 1.82. The van der Waals surface area contributed by atoms with Crippen LogP contribution in [0.4, 0.5) is 5.69 Å². The third kappa shape index (κ3) is 8.61. The lowest BCUT2D eigenvalue weighted by Gasteiger charge is -2.30. The summed E-state index contributed by atoms with van der Waals surface area (Å²) < 4.78 is 0. The number of aliphatic imine (C=N–C) groups is 1. The molecule has 0 aromatic heterocycles. The van der Waals surface area contributed by atoms with Gasteiger partial charge in [-0.15, -0.1) is 0 Å². The lowest BCUT2D eigenvalue weighted by Crippen LogP contribution is -2.40. The lowest BCUT2D eigenvalue weighted by molar-refractivity contribution is -0.123. The molecule has 7 nitrogen and oxygen atoms in total. The van der Waals surface area contributed by atoms with Crippen LogP contribution in [0.1, 0.15) is 39.0 Å². The number of likely N-dealkylation sites (tertiary alicyclic amines) is 1. The van der Waals surface area contributed by atoms with E-state index < -0.39 is 0 Å². The number of nitrogens with two attached hydrogens (primary N) is 1. The number of nitrogens with one attached hydrogen (secondary N) is 2. The van der Waals surface area contributed by atoms with Crippen LogP contribution < -0.4 is 21.3 Å². The van der Waals surface area contributed by atoms with Gasteiger partial charge >= 0.3 is 0 Å². The van der Waals surface area contributed by atoms with Gasteiger partial charge in [-0.3, -0.25) is 9.79 Å². The van der Waals surface area contributed by atoms with E-state index in [4.69, 9.17) is 5.73 Å². The van der Waals surface area contributed by atoms with Crippen LogP contribution in [0.25, 0.3) is 0 Å². The lowest BCUT2D eigenvalue weighted by atomic mass is 9.96. The highest BCUT2D eigenvalue weighted by atomic mass is 16.1. The predicted octanol–water partition coefficient (Wildman–Crippen LogP) is 2.05. The van der Waals surface area contributed by atoms with E-state index in [-0.39, 0.29) is 11.8 Å². The third-order valence-electron chi connectivity index (χ3n) is 5.81. The average Bonchev–Trinajstić information content (AvgIpc) is 2.78. The minimum Gasteiger partial charge on any atom is -0.372 e. The van der Waals surface area contributed by atoms with Crippen LogP contribution in [-0.4, -0.2) is 69.6 Å². The monoisotopic (exact) mass is 416 g/mol. The van der Waals surface area contributed by atoms with Crippen molar-refractivity contribution in [3.63, 3.8) is 0 Å². The molecule has 4 N–H and O–H groups in total. The molecule has 1 fully saturated rings. The fraction of sp³-hybridized carbons (Fsp3) is 0.652. The van der Waals surface area contributed by atoms with Crippen molar-refractivity contribution in [1.82, 2.24) is 15.5 Å². The maximum atomic E-state index is 11.2. The fourth-order valence-electron chi connectivity index (χ4n) is 3.91. The van der Waals surface area contributed by atoms with Gasteiger partial charge in [-0.1, -0.05) is 18.2 Å². The van der Waals surface area contributed by atoms with Crippen molar-refractivity contribution in [2.45, 2.75) is 39.0 Å². The summed E-state index contributed by atoms with van der Waals surface area (Å²) in [5.41, 5.74) is 6.68. The molecular formula is C23H40N6O. The molecule has 1 amide bonds. The van der Waals surface area contributed by atoms with E-state index in [1.807, 2.05) is 7.05 Å². The Labute approximate surface area is 182 Å². The summed E-state index contributed by atoms with van der Waals surface area (Å²) in [5, 5.41) is 6.82. The topological polar surface area (TPSA) is 86.0 Å². The number of primary amides is 1. The van der Waals surface area contributed by atoms with Crippen LogP contribution in [0.5, 0.6) is 0 Å². The fourth-order valence-corrected chi connectivity index (χ4v) is 3.91. The molecule has 0 saturated carbocycles. The van der Waals surface area contributed by atoms with E-state index in [0.717, 1.165) is 83.9 Å². The molecule has 1 saturated heterocycles. The quantitative estimate of drug-likeness (QED) is 0.276. The van der Waals surface area contributed by atoms with Crippen LogP contribution in [0, 0.1) is 5.92 Å². The standard InChI is InChI=1S/C23H40N6O/c1-3-29(21-10-5-4-6-11-21)17-9-15-27-23(25-2)26-14-7-8-16-28-18-12-20(13-19-28)22(24)30/h4-6,10-11,20H,3,7-9,12-19H2,1-2H3,(H2,24,30)(H2,25,26,27). The molecule has 0 aliphatic carbocycles. The van der Waals surface area contributed by atoms with Crippen molar-refractivity contribution in [2.24, 2.45) is 16.6 Å². The number of amides is 1. The Hall–Kier alpha value is -2.28. The van der Waals surface area contributed by atoms with Gasteiger partial charge in [0, 0.05) is 44.8 Å². The van der Waals surface area contributed by atoms with Gasteiger partial charge in [-0.25, -0.2) is 0 Å². The Morgan fingerprint density at radius 3 is 2.40 bits per heavy atom. The van der Waals surface area contributed by atoms with E-state index in [1.54, 1.807) is 0 Å². The largest absolute Gasteiger partial charge is 0.372 e. The van der Waals surface area contributed by atoms with E-state index in [0.29, 0.717) is 0 Å². The number of para-hydroxylation sites is 1. The first-order valence-electron chi connectivity index (χ1n) is 11.4. The van der Waals surface area contributed by atoms with Gasteiger partial charge in [0.2, 0.25) is 5.91 Å². The van der Waals surface area contributed by atoms with E-state index >= 15 is 0 Å². The number of hydrogen-bond acceptors (Lipinski definition) is 4. The summed E-state index contributed by atoms with van der Waals surface area (Å²) in [6.07, 6.45) is 5.13. The van der Waals surface area contributed by atoms with Crippen LogP contribution in [0.2, 0.25) is 0 Å². The van der Waals surface area contributed by atoms with E-state index in [1.165, 1.54) is 5.69 Å². The maximum absolute atomic E-state index is 11.2. The number of benzene rings is 1. The van der Waals surface area contributed by atoms with Crippen molar-refractivity contribution >= 4 is 17.6 Å². The van der Waals surface area contributed by atoms with Gasteiger partial charge in [-0.05, 0) is 70.8 Å². The van der Waals surface area contributed by atoms with Crippen molar-refractivity contribution in [3.8, 4) is 0 Å². The van der Waals surface area contributed by atoms with Gasteiger partial charge in [-0.2, -0.15) is 0 Å². The predicted molar refractivity (Wildman–Crippen MR) is 126 cm³/mol. The molecule has 1 aliphatic rings. The highest BCUT2D eigenvalue weighted by Gasteiger charge is 2.22. The highest BCUT2D eigenvalue weighted by Crippen LogP contribution is 2.16. The third-order valence-corrected chi connectivity index (χ3v) is 5.81. The average molecular weight is 417 g/mol. The maximum Gasteiger partial charge on any atom is 0.220 e. The summed E-state index contributed by atoms with van der Waals surface area (Å²) in [5.74, 6) is 0.814. The molecule has 0 atom stereocenters.